The summed E-state index contributed by atoms with van der Waals surface area (Å²) >= 11 is 0. The van der Waals surface area contributed by atoms with Gasteiger partial charge in [-0.15, -0.1) is 9.26 Å². The largest absolute Gasteiger partial charge is 0.462 e. The van der Waals surface area contributed by atoms with E-state index in [-0.39, 0.29) is 25.6 Å². The minimum Gasteiger partial charge on any atom is -0.462 e. The lowest BCUT2D eigenvalue weighted by molar-refractivity contribution is -0.150. The number of ether oxygens (including phenoxy) is 2. The minimum atomic E-state index is -0.481. The average Bonchev–Trinajstić information content (AvgIpc) is 3.37. The molecule has 0 unspecified atom stereocenters. The van der Waals surface area contributed by atoms with Crippen LogP contribution in [0.3, 0.4) is 0 Å². The fourth-order valence-corrected chi connectivity index (χ4v) is 3.25. The van der Waals surface area contributed by atoms with Gasteiger partial charge >= 0.3 is 11.9 Å². The van der Waals surface area contributed by atoms with Crippen LogP contribution in [0.25, 0.3) is 16.7 Å². The highest BCUT2D eigenvalue weighted by molar-refractivity contribution is 5.86. The van der Waals surface area contributed by atoms with E-state index < -0.39 is 5.97 Å². The number of aryl methyl sites for hydroxylation is 2. The maximum atomic E-state index is 11.9. The van der Waals surface area contributed by atoms with Crippen molar-refractivity contribution in [3.63, 3.8) is 0 Å². The molecule has 0 amide bonds. The lowest BCUT2D eigenvalue weighted by Crippen LogP contribution is -2.14. The number of benzene rings is 2. The topological polar surface area (TPSA) is 66.3 Å². The molecule has 150 valence electrons. The number of aromatic nitrogens is 3. The summed E-state index contributed by atoms with van der Waals surface area (Å²) in [5.41, 5.74) is 6.02. The number of para-hydroxylation sites is 2. The van der Waals surface area contributed by atoms with E-state index >= 15 is 0 Å². The van der Waals surface area contributed by atoms with Crippen LogP contribution >= 0.6 is 0 Å². The van der Waals surface area contributed by atoms with E-state index in [2.05, 4.69) is 51.8 Å². The summed E-state index contributed by atoms with van der Waals surface area (Å²) in [5.74, 6) is -0.795. The third-order valence-electron chi connectivity index (χ3n) is 4.86. The molecule has 0 aliphatic carbocycles. The molecule has 0 saturated carbocycles. The normalized spacial score (nSPS) is 11.4. The molecule has 0 aliphatic rings. The van der Waals surface area contributed by atoms with Gasteiger partial charge in [0.1, 0.15) is 24.2 Å². The zero-order chi connectivity index (χ0) is 20.5. The molecule has 7 heteroatoms. The number of fused-ring (bicyclic) bond motifs is 4. The van der Waals surface area contributed by atoms with Crippen molar-refractivity contribution in [2.75, 3.05) is 13.2 Å². The SMILES string of the molecule is C=C(C)C(=O)OCCOC(=O)CCc1ccc(C)c(-n2n3c4ccccc4n23)c1. The molecule has 4 rings (SSSR count). The Morgan fingerprint density at radius 2 is 1.66 bits per heavy atom. The Morgan fingerprint density at radius 3 is 2.31 bits per heavy atom. The molecule has 2 aromatic carbocycles. The Bertz CT molecular complexity index is 1150. The Hall–Kier alpha value is -3.48. The van der Waals surface area contributed by atoms with Gasteiger partial charge in [-0.25, -0.2) is 4.79 Å². The molecule has 0 radical (unpaired) electrons. The van der Waals surface area contributed by atoms with Gasteiger partial charge in [-0.3, -0.25) is 4.79 Å². The lowest BCUT2D eigenvalue weighted by Gasteiger charge is -2.07. The Kier molecular flexibility index (Phi) is 4.88. The lowest BCUT2D eigenvalue weighted by atomic mass is 10.1. The molecule has 0 bridgehead atoms. The Balaban J connectivity index is 1.34. The van der Waals surface area contributed by atoms with Crippen molar-refractivity contribution in [2.45, 2.75) is 26.7 Å². The summed E-state index contributed by atoms with van der Waals surface area (Å²) < 4.78 is 14.2. The van der Waals surface area contributed by atoms with E-state index in [0.29, 0.717) is 12.0 Å². The number of nitrogens with zero attached hydrogens (tertiary/aromatic N) is 3. The molecule has 4 aromatic rings. The highest BCUT2D eigenvalue weighted by Gasteiger charge is 2.24. The predicted molar refractivity (Wildman–Crippen MR) is 109 cm³/mol. The number of hydrogen-bond acceptors (Lipinski definition) is 4. The molecule has 0 spiro atoms. The maximum absolute atomic E-state index is 11.9. The monoisotopic (exact) mass is 393 g/mol. The molecule has 2 heterocycles. The van der Waals surface area contributed by atoms with Crippen molar-refractivity contribution in [3.8, 4) is 5.69 Å². The zero-order valence-corrected chi connectivity index (χ0v) is 16.6. The average molecular weight is 393 g/mol. The summed E-state index contributed by atoms with van der Waals surface area (Å²) in [6.07, 6.45) is 0.850. The molecular weight excluding hydrogens is 370 g/mol. The van der Waals surface area contributed by atoms with Crippen LogP contribution in [-0.4, -0.2) is 39.2 Å². The van der Waals surface area contributed by atoms with Crippen molar-refractivity contribution >= 4 is 23.0 Å². The first kappa shape index (κ1) is 18.9. The summed E-state index contributed by atoms with van der Waals surface area (Å²) in [6.45, 7) is 7.22. The third-order valence-corrected chi connectivity index (χ3v) is 4.86. The molecule has 0 atom stereocenters. The van der Waals surface area contributed by atoms with Crippen LogP contribution in [0.5, 0.6) is 0 Å². The van der Waals surface area contributed by atoms with E-state index in [1.807, 2.05) is 18.2 Å². The third kappa shape index (κ3) is 3.63. The molecule has 0 aliphatic heterocycles. The van der Waals surface area contributed by atoms with Gasteiger partial charge in [-0.1, -0.05) is 30.8 Å². The van der Waals surface area contributed by atoms with Crippen LogP contribution in [0.1, 0.15) is 24.5 Å². The van der Waals surface area contributed by atoms with E-state index in [4.69, 9.17) is 9.47 Å². The minimum absolute atomic E-state index is 0.0350. The maximum Gasteiger partial charge on any atom is 0.333 e. The Morgan fingerprint density at radius 1 is 1.00 bits per heavy atom. The first-order chi connectivity index (χ1) is 14.0. The summed E-state index contributed by atoms with van der Waals surface area (Å²) in [4.78, 5) is 25.3. The van der Waals surface area contributed by atoms with E-state index in [1.165, 1.54) is 11.0 Å². The number of esters is 2. The van der Waals surface area contributed by atoms with Crippen molar-refractivity contribution in [3.05, 3.63) is 65.7 Å². The van der Waals surface area contributed by atoms with Gasteiger partial charge < -0.3 is 9.47 Å². The van der Waals surface area contributed by atoms with E-state index in [9.17, 15) is 9.59 Å². The number of carbonyl (C=O) groups is 2. The van der Waals surface area contributed by atoms with Crippen LogP contribution in [0.15, 0.2) is 54.6 Å². The van der Waals surface area contributed by atoms with Crippen molar-refractivity contribution in [1.29, 1.82) is 0 Å². The highest BCUT2D eigenvalue weighted by atomic mass is 16.6. The second-order valence-corrected chi connectivity index (χ2v) is 7.11. The quantitative estimate of drug-likeness (QED) is 0.262. The first-order valence-electron chi connectivity index (χ1n) is 9.54. The van der Waals surface area contributed by atoms with E-state index in [0.717, 1.165) is 16.8 Å². The first-order valence-corrected chi connectivity index (χ1v) is 9.54. The van der Waals surface area contributed by atoms with Gasteiger partial charge in [0.15, 0.2) is 0 Å². The Labute approximate surface area is 168 Å². The highest BCUT2D eigenvalue weighted by Crippen LogP contribution is 2.28. The van der Waals surface area contributed by atoms with Crippen LogP contribution < -0.4 is 0 Å². The standard InChI is InChI=1S/C22H23N3O4/c1-15(2)22(27)29-13-12-28-21(26)11-10-17-9-8-16(3)20(14-17)25-23-18-6-4-5-7-19(18)24(23)25/h4-9,14H,1,10-13H2,2-3H3. The van der Waals surface area contributed by atoms with Crippen molar-refractivity contribution in [2.24, 2.45) is 0 Å². The van der Waals surface area contributed by atoms with Crippen molar-refractivity contribution < 1.29 is 19.1 Å². The fraction of sp³-hybridized carbons (Fsp3) is 0.273. The molecule has 2 aromatic heterocycles. The van der Waals surface area contributed by atoms with Gasteiger partial charge in [0.2, 0.25) is 0 Å². The van der Waals surface area contributed by atoms with Gasteiger partial charge in [0, 0.05) is 12.0 Å². The molecule has 29 heavy (non-hydrogen) atoms. The number of rotatable bonds is 8. The fourth-order valence-electron chi connectivity index (χ4n) is 3.25. The van der Waals surface area contributed by atoms with Crippen LogP contribution in [0.2, 0.25) is 0 Å². The summed E-state index contributed by atoms with van der Waals surface area (Å²) in [7, 11) is 0. The zero-order valence-electron chi connectivity index (χ0n) is 16.6. The second-order valence-electron chi connectivity index (χ2n) is 7.11. The number of hydrogen-bond donors (Lipinski definition) is 0. The van der Waals surface area contributed by atoms with Gasteiger partial charge in [0.25, 0.3) is 0 Å². The molecule has 0 saturated heterocycles. The second kappa shape index (κ2) is 7.50. The smallest absolute Gasteiger partial charge is 0.333 e. The summed E-state index contributed by atoms with van der Waals surface area (Å²) in [5, 5.41) is 0. The van der Waals surface area contributed by atoms with Crippen LogP contribution in [0, 0.1) is 6.92 Å². The predicted octanol–water partition coefficient (Wildman–Crippen LogP) is 3.32. The molecule has 0 N–H and O–H groups in total. The van der Waals surface area contributed by atoms with Gasteiger partial charge in [-0.05, 0) is 49.6 Å². The van der Waals surface area contributed by atoms with Crippen molar-refractivity contribution in [1.82, 2.24) is 14.1 Å². The number of carbonyl (C=O) groups excluding carboxylic acids is 2. The van der Waals surface area contributed by atoms with Crippen LogP contribution in [0.4, 0.5) is 0 Å². The molecular formula is C22H23N3O4. The van der Waals surface area contributed by atoms with Crippen LogP contribution in [-0.2, 0) is 25.5 Å². The molecule has 7 nitrogen and oxygen atoms in total. The van der Waals surface area contributed by atoms with Gasteiger partial charge in [-0.2, -0.15) is 4.80 Å². The summed E-state index contributed by atoms with van der Waals surface area (Å²) in [6, 6.07) is 14.4. The van der Waals surface area contributed by atoms with Gasteiger partial charge in [0.05, 0.1) is 5.69 Å². The van der Waals surface area contributed by atoms with E-state index in [1.54, 1.807) is 6.92 Å². The molecule has 0 fully saturated rings.